The SMILES string of the molecule is Cc1ccc(S(=O)(=O)N(C)C)cc1NC(=O)C(C)Sc1ccc2ccccc2c1. The van der Waals surface area contributed by atoms with Crippen LogP contribution >= 0.6 is 11.8 Å². The van der Waals surface area contributed by atoms with Gasteiger partial charge in [0.15, 0.2) is 0 Å². The molecule has 0 fully saturated rings. The quantitative estimate of drug-likeness (QED) is 0.586. The maximum absolute atomic E-state index is 12.7. The number of benzene rings is 3. The molecule has 0 bridgehead atoms. The average Bonchev–Trinajstić information content (AvgIpc) is 2.69. The number of carbonyl (C=O) groups excluding carboxylic acids is 1. The van der Waals surface area contributed by atoms with Crippen LogP contribution in [0.25, 0.3) is 10.8 Å². The van der Waals surface area contributed by atoms with E-state index in [9.17, 15) is 13.2 Å². The maximum atomic E-state index is 12.7. The molecule has 0 aliphatic heterocycles. The van der Waals surface area contributed by atoms with Gasteiger partial charge in [0.05, 0.1) is 10.1 Å². The molecule has 0 saturated heterocycles. The minimum absolute atomic E-state index is 0.151. The Morgan fingerprint density at radius 2 is 1.69 bits per heavy atom. The van der Waals surface area contributed by atoms with E-state index in [1.807, 2.05) is 44.2 Å². The second-order valence-electron chi connectivity index (χ2n) is 7.02. The van der Waals surface area contributed by atoms with Crippen molar-refractivity contribution in [1.82, 2.24) is 4.31 Å². The van der Waals surface area contributed by atoms with Crippen molar-refractivity contribution >= 4 is 44.2 Å². The van der Waals surface area contributed by atoms with E-state index >= 15 is 0 Å². The number of rotatable bonds is 6. The van der Waals surface area contributed by atoms with Crippen LogP contribution in [0, 0.1) is 6.92 Å². The molecule has 0 radical (unpaired) electrons. The third-order valence-electron chi connectivity index (χ3n) is 4.65. The summed E-state index contributed by atoms with van der Waals surface area (Å²) in [7, 11) is -0.601. The van der Waals surface area contributed by atoms with E-state index in [1.54, 1.807) is 12.1 Å². The van der Waals surface area contributed by atoms with Gasteiger partial charge in [-0.3, -0.25) is 4.79 Å². The molecule has 0 aliphatic rings. The molecule has 5 nitrogen and oxygen atoms in total. The molecule has 7 heteroatoms. The predicted molar refractivity (Wildman–Crippen MR) is 120 cm³/mol. The molecule has 1 amide bonds. The van der Waals surface area contributed by atoms with E-state index in [2.05, 4.69) is 17.4 Å². The van der Waals surface area contributed by atoms with Crippen LogP contribution in [-0.4, -0.2) is 38.0 Å². The topological polar surface area (TPSA) is 66.5 Å². The van der Waals surface area contributed by atoms with E-state index in [4.69, 9.17) is 0 Å². The van der Waals surface area contributed by atoms with Crippen molar-refractivity contribution in [2.75, 3.05) is 19.4 Å². The first-order valence-corrected chi connectivity index (χ1v) is 11.5. The highest BCUT2D eigenvalue weighted by Gasteiger charge is 2.20. The minimum Gasteiger partial charge on any atom is -0.325 e. The Labute approximate surface area is 176 Å². The molecule has 1 N–H and O–H groups in total. The van der Waals surface area contributed by atoms with Crippen molar-refractivity contribution in [3.63, 3.8) is 0 Å². The molecule has 0 aromatic heterocycles. The molecule has 1 atom stereocenters. The number of anilines is 1. The van der Waals surface area contributed by atoms with Crippen LogP contribution in [0.1, 0.15) is 12.5 Å². The lowest BCUT2D eigenvalue weighted by Gasteiger charge is -2.16. The maximum Gasteiger partial charge on any atom is 0.242 e. The molecule has 0 spiro atoms. The first-order chi connectivity index (χ1) is 13.7. The van der Waals surface area contributed by atoms with Crippen LogP contribution in [0.5, 0.6) is 0 Å². The first-order valence-electron chi connectivity index (χ1n) is 9.18. The number of sulfonamides is 1. The van der Waals surface area contributed by atoms with E-state index in [0.717, 1.165) is 25.5 Å². The smallest absolute Gasteiger partial charge is 0.242 e. The lowest BCUT2D eigenvalue weighted by molar-refractivity contribution is -0.115. The minimum atomic E-state index is -3.56. The van der Waals surface area contributed by atoms with Gasteiger partial charge in [0.1, 0.15) is 0 Å². The van der Waals surface area contributed by atoms with Crippen LogP contribution in [-0.2, 0) is 14.8 Å². The molecule has 29 heavy (non-hydrogen) atoms. The monoisotopic (exact) mass is 428 g/mol. The van der Waals surface area contributed by atoms with Crippen molar-refractivity contribution in [3.05, 3.63) is 66.2 Å². The van der Waals surface area contributed by atoms with Gasteiger partial charge in [-0.15, -0.1) is 11.8 Å². The number of nitrogens with one attached hydrogen (secondary N) is 1. The van der Waals surface area contributed by atoms with Gasteiger partial charge in [-0.25, -0.2) is 12.7 Å². The highest BCUT2D eigenvalue weighted by Crippen LogP contribution is 2.28. The Kier molecular flexibility index (Phi) is 6.31. The Morgan fingerprint density at radius 3 is 2.38 bits per heavy atom. The molecule has 0 heterocycles. The number of hydrogen-bond acceptors (Lipinski definition) is 4. The molecular formula is C22H24N2O3S2. The zero-order chi connectivity index (χ0) is 21.2. The summed E-state index contributed by atoms with van der Waals surface area (Å²) in [6.07, 6.45) is 0. The first kappa shape index (κ1) is 21.4. The highest BCUT2D eigenvalue weighted by molar-refractivity contribution is 8.00. The number of carbonyl (C=O) groups is 1. The van der Waals surface area contributed by atoms with Crippen molar-refractivity contribution in [2.24, 2.45) is 0 Å². The third kappa shape index (κ3) is 4.80. The fourth-order valence-corrected chi connectivity index (χ4v) is 4.68. The number of hydrogen-bond donors (Lipinski definition) is 1. The summed E-state index contributed by atoms with van der Waals surface area (Å²) in [5.41, 5.74) is 1.31. The molecule has 0 aliphatic carbocycles. The summed E-state index contributed by atoms with van der Waals surface area (Å²) in [4.78, 5) is 13.9. The molecule has 152 valence electrons. The van der Waals surface area contributed by atoms with Crippen LogP contribution < -0.4 is 5.32 Å². The average molecular weight is 429 g/mol. The molecule has 1 unspecified atom stereocenters. The van der Waals surface area contributed by atoms with Gasteiger partial charge >= 0.3 is 0 Å². The Balaban J connectivity index is 1.76. The summed E-state index contributed by atoms with van der Waals surface area (Å²) in [5.74, 6) is -0.175. The van der Waals surface area contributed by atoms with E-state index < -0.39 is 10.0 Å². The fraction of sp³-hybridized carbons (Fsp3) is 0.227. The lowest BCUT2D eigenvalue weighted by Crippen LogP contribution is -2.24. The van der Waals surface area contributed by atoms with Crippen LogP contribution in [0.3, 0.4) is 0 Å². The van der Waals surface area contributed by atoms with Gasteiger partial charge in [-0.1, -0.05) is 36.4 Å². The Hall–Kier alpha value is -2.35. The van der Waals surface area contributed by atoms with Gasteiger partial charge in [0.25, 0.3) is 0 Å². The predicted octanol–water partition coefficient (Wildman–Crippen LogP) is 4.52. The number of nitrogens with zero attached hydrogens (tertiary/aromatic N) is 1. The molecule has 0 saturated carbocycles. The highest BCUT2D eigenvalue weighted by atomic mass is 32.2. The second-order valence-corrected chi connectivity index (χ2v) is 10.6. The van der Waals surface area contributed by atoms with Crippen LogP contribution in [0.2, 0.25) is 0 Å². The zero-order valence-electron chi connectivity index (χ0n) is 16.8. The number of thioether (sulfide) groups is 1. The second kappa shape index (κ2) is 8.57. The van der Waals surface area contributed by atoms with E-state index in [1.165, 1.54) is 31.9 Å². The van der Waals surface area contributed by atoms with E-state index in [-0.39, 0.29) is 16.1 Å². The summed E-state index contributed by atoms with van der Waals surface area (Å²) in [6, 6.07) is 19.0. The number of aryl methyl sites for hydroxylation is 1. The third-order valence-corrected chi connectivity index (χ3v) is 7.55. The summed E-state index contributed by atoms with van der Waals surface area (Å²) >= 11 is 1.47. The van der Waals surface area contributed by atoms with Crippen molar-refractivity contribution in [3.8, 4) is 0 Å². The largest absolute Gasteiger partial charge is 0.325 e. The van der Waals surface area contributed by atoms with Crippen LogP contribution in [0.4, 0.5) is 5.69 Å². The van der Waals surface area contributed by atoms with Gasteiger partial charge in [0.2, 0.25) is 15.9 Å². The summed E-state index contributed by atoms with van der Waals surface area (Å²) in [5, 5.41) is 4.82. The lowest BCUT2D eigenvalue weighted by atomic mass is 10.1. The van der Waals surface area contributed by atoms with Gasteiger partial charge in [-0.2, -0.15) is 0 Å². The molecule has 3 rings (SSSR count). The van der Waals surface area contributed by atoms with Crippen molar-refractivity contribution in [1.29, 1.82) is 0 Å². The molecule has 3 aromatic rings. The summed E-state index contributed by atoms with van der Waals surface area (Å²) < 4.78 is 25.9. The van der Waals surface area contributed by atoms with Crippen molar-refractivity contribution in [2.45, 2.75) is 28.9 Å². The zero-order valence-corrected chi connectivity index (χ0v) is 18.5. The van der Waals surface area contributed by atoms with Gasteiger partial charge in [0, 0.05) is 24.7 Å². The Morgan fingerprint density at radius 1 is 1.00 bits per heavy atom. The van der Waals surface area contributed by atoms with E-state index in [0.29, 0.717) is 5.69 Å². The van der Waals surface area contributed by atoms with Gasteiger partial charge < -0.3 is 5.32 Å². The summed E-state index contributed by atoms with van der Waals surface area (Å²) in [6.45, 7) is 3.67. The Bertz CT molecular complexity index is 1160. The fourth-order valence-electron chi connectivity index (χ4n) is 2.84. The standard InChI is InChI=1S/C22H24N2O3S2/c1-15-9-12-20(29(26,27)24(3)4)14-21(15)23-22(25)16(2)28-19-11-10-17-7-5-6-8-18(17)13-19/h5-14,16H,1-4H3,(H,23,25). The number of amides is 1. The molecular weight excluding hydrogens is 404 g/mol. The van der Waals surface area contributed by atoms with Crippen molar-refractivity contribution < 1.29 is 13.2 Å². The molecule has 3 aromatic carbocycles. The van der Waals surface area contributed by atoms with Crippen LogP contribution in [0.15, 0.2) is 70.5 Å². The number of fused-ring (bicyclic) bond motifs is 1. The van der Waals surface area contributed by atoms with Gasteiger partial charge in [-0.05, 0) is 54.4 Å². The normalized spacial score (nSPS) is 12.9.